The minimum Gasteiger partial charge on any atom is -0.465 e. The molecule has 0 amide bonds. The van der Waals surface area contributed by atoms with Gasteiger partial charge < -0.3 is 9.64 Å². The van der Waals surface area contributed by atoms with E-state index in [1.807, 2.05) is 24.3 Å². The fraction of sp³-hybridized carbons (Fsp3) is 0.400. The van der Waals surface area contributed by atoms with E-state index in [1.54, 1.807) is 6.07 Å². The molecule has 34 heavy (non-hydrogen) atoms. The van der Waals surface area contributed by atoms with Gasteiger partial charge in [-0.2, -0.15) is 13.2 Å². The first-order valence-electron chi connectivity index (χ1n) is 11.1. The number of benzene rings is 2. The standard InChI is InChI=1S/C25H27F3N2O2S.ClH/c1-18(31)32-16-15-30-13-11-29(12-14-30)10-4-6-20-21-5-2-3-7-23(21)33-24-9-8-19(17-22(20)24)25(26,27)28;/h2-3,5-9,17H,4,10-16H2,1H3;1H/b20-6+;. The van der Waals surface area contributed by atoms with E-state index in [4.69, 9.17) is 4.74 Å². The van der Waals surface area contributed by atoms with Crippen molar-refractivity contribution in [2.45, 2.75) is 29.3 Å². The predicted molar refractivity (Wildman–Crippen MR) is 130 cm³/mol. The summed E-state index contributed by atoms with van der Waals surface area (Å²) in [7, 11) is 0. The molecular weight excluding hydrogens is 485 g/mol. The van der Waals surface area contributed by atoms with Crippen LogP contribution in [0.3, 0.4) is 0 Å². The molecule has 0 unspecified atom stereocenters. The Morgan fingerprint density at radius 1 is 1.00 bits per heavy atom. The number of alkyl halides is 3. The molecule has 9 heteroatoms. The second kappa shape index (κ2) is 11.6. The van der Waals surface area contributed by atoms with Crippen molar-refractivity contribution in [2.75, 3.05) is 45.9 Å². The average Bonchev–Trinajstić information content (AvgIpc) is 2.78. The minimum absolute atomic E-state index is 0. The van der Waals surface area contributed by atoms with Crippen LogP contribution in [0.15, 0.2) is 58.3 Å². The van der Waals surface area contributed by atoms with Crippen molar-refractivity contribution < 1.29 is 22.7 Å². The van der Waals surface area contributed by atoms with Crippen LogP contribution in [0.25, 0.3) is 5.57 Å². The molecule has 0 radical (unpaired) electrons. The van der Waals surface area contributed by atoms with Crippen molar-refractivity contribution in [3.8, 4) is 0 Å². The van der Waals surface area contributed by atoms with E-state index < -0.39 is 11.7 Å². The molecule has 0 aliphatic carbocycles. The minimum atomic E-state index is -4.36. The molecule has 2 aliphatic rings. The molecule has 4 nitrogen and oxygen atoms in total. The van der Waals surface area contributed by atoms with Gasteiger partial charge in [0.15, 0.2) is 0 Å². The van der Waals surface area contributed by atoms with E-state index >= 15 is 0 Å². The monoisotopic (exact) mass is 512 g/mol. The third kappa shape index (κ3) is 6.56. The zero-order chi connectivity index (χ0) is 23.4. The summed E-state index contributed by atoms with van der Waals surface area (Å²) in [6.45, 7) is 7.09. The van der Waals surface area contributed by atoms with Crippen LogP contribution in [-0.4, -0.2) is 61.6 Å². The highest BCUT2D eigenvalue weighted by molar-refractivity contribution is 7.99. The molecule has 0 N–H and O–H groups in total. The van der Waals surface area contributed by atoms with Gasteiger partial charge in [0, 0.05) is 56.0 Å². The van der Waals surface area contributed by atoms with E-state index in [9.17, 15) is 18.0 Å². The first-order chi connectivity index (χ1) is 15.8. The summed E-state index contributed by atoms with van der Waals surface area (Å²) < 4.78 is 45.1. The maximum atomic E-state index is 13.4. The lowest BCUT2D eigenvalue weighted by Crippen LogP contribution is -2.47. The van der Waals surface area contributed by atoms with Crippen LogP contribution in [0, 0.1) is 0 Å². The maximum Gasteiger partial charge on any atom is 0.416 e. The topological polar surface area (TPSA) is 32.8 Å². The van der Waals surface area contributed by atoms with Crippen LogP contribution in [0.2, 0.25) is 0 Å². The smallest absolute Gasteiger partial charge is 0.416 e. The number of carbonyl (C=O) groups is 1. The van der Waals surface area contributed by atoms with Gasteiger partial charge in [0.25, 0.3) is 0 Å². The average molecular weight is 513 g/mol. The molecule has 2 aromatic rings. The predicted octanol–water partition coefficient (Wildman–Crippen LogP) is 5.59. The van der Waals surface area contributed by atoms with Crippen LogP contribution in [0.5, 0.6) is 0 Å². The van der Waals surface area contributed by atoms with Crippen molar-refractivity contribution in [3.05, 3.63) is 65.2 Å². The maximum absolute atomic E-state index is 13.4. The fourth-order valence-corrected chi connectivity index (χ4v) is 5.30. The van der Waals surface area contributed by atoms with Crippen LogP contribution in [0.1, 0.15) is 30.0 Å². The lowest BCUT2D eigenvalue weighted by Gasteiger charge is -2.34. The Labute approximate surface area is 208 Å². The number of esters is 1. The molecule has 4 rings (SSSR count). The number of rotatable bonds is 6. The molecule has 2 aliphatic heterocycles. The van der Waals surface area contributed by atoms with Crippen LogP contribution >= 0.6 is 24.2 Å². The van der Waals surface area contributed by atoms with Crippen LogP contribution in [0.4, 0.5) is 13.2 Å². The largest absolute Gasteiger partial charge is 0.465 e. The first kappa shape index (κ1) is 26.6. The number of hydrogen-bond donors (Lipinski definition) is 0. The zero-order valence-electron chi connectivity index (χ0n) is 18.9. The number of hydrogen-bond acceptors (Lipinski definition) is 5. The Kier molecular flexibility index (Phi) is 9.09. The van der Waals surface area contributed by atoms with Crippen LogP contribution in [-0.2, 0) is 15.7 Å². The van der Waals surface area contributed by atoms with Gasteiger partial charge in [-0.1, -0.05) is 36.0 Å². The summed E-state index contributed by atoms with van der Waals surface area (Å²) in [5.74, 6) is -0.256. The molecular formula is C25H28ClF3N2O2S. The summed E-state index contributed by atoms with van der Waals surface area (Å²) in [5.41, 5.74) is 1.91. The molecule has 2 heterocycles. The number of halogens is 4. The molecule has 0 bridgehead atoms. The second-order valence-corrected chi connectivity index (χ2v) is 9.32. The molecule has 0 spiro atoms. The summed E-state index contributed by atoms with van der Waals surface area (Å²) in [5, 5.41) is 0. The van der Waals surface area contributed by atoms with Gasteiger partial charge >= 0.3 is 12.1 Å². The van der Waals surface area contributed by atoms with Gasteiger partial charge in [0.2, 0.25) is 0 Å². The Balaban J connectivity index is 0.00000324. The van der Waals surface area contributed by atoms with Gasteiger partial charge in [-0.15, -0.1) is 12.4 Å². The molecule has 1 saturated heterocycles. The third-order valence-corrected chi connectivity index (χ3v) is 7.12. The van der Waals surface area contributed by atoms with E-state index in [1.165, 1.54) is 30.8 Å². The number of piperazine rings is 1. The molecule has 1 fully saturated rings. The van der Waals surface area contributed by atoms with E-state index in [2.05, 4.69) is 15.9 Å². The van der Waals surface area contributed by atoms with Gasteiger partial charge in [-0.3, -0.25) is 9.69 Å². The molecule has 0 saturated carbocycles. The Bertz CT molecular complexity index is 1040. The third-order valence-electron chi connectivity index (χ3n) is 5.97. The molecule has 0 aromatic heterocycles. The molecule has 0 atom stereocenters. The summed E-state index contributed by atoms with van der Waals surface area (Å²) >= 11 is 1.52. The normalized spacial score (nSPS) is 17.6. The Hall–Kier alpha value is -2.00. The Morgan fingerprint density at radius 2 is 1.65 bits per heavy atom. The first-order valence-corrected chi connectivity index (χ1v) is 11.9. The van der Waals surface area contributed by atoms with Crippen molar-refractivity contribution in [1.29, 1.82) is 0 Å². The van der Waals surface area contributed by atoms with Crippen molar-refractivity contribution in [3.63, 3.8) is 0 Å². The number of nitrogens with zero attached hydrogens (tertiary/aromatic N) is 2. The highest BCUT2D eigenvalue weighted by Gasteiger charge is 2.32. The van der Waals surface area contributed by atoms with Crippen molar-refractivity contribution in [1.82, 2.24) is 9.80 Å². The summed E-state index contributed by atoms with van der Waals surface area (Å²) in [4.78, 5) is 17.5. The summed E-state index contributed by atoms with van der Waals surface area (Å²) in [6.07, 6.45) is -1.51. The lowest BCUT2D eigenvalue weighted by molar-refractivity contribution is -0.141. The summed E-state index contributed by atoms with van der Waals surface area (Å²) in [6, 6.07) is 11.9. The van der Waals surface area contributed by atoms with Gasteiger partial charge in [-0.25, -0.2) is 0 Å². The van der Waals surface area contributed by atoms with E-state index in [-0.39, 0.29) is 18.4 Å². The van der Waals surface area contributed by atoms with Gasteiger partial charge in [-0.05, 0) is 47.4 Å². The number of ether oxygens (including phenoxy) is 1. The van der Waals surface area contributed by atoms with Gasteiger partial charge in [0.1, 0.15) is 6.61 Å². The van der Waals surface area contributed by atoms with Gasteiger partial charge in [0.05, 0.1) is 5.56 Å². The van der Waals surface area contributed by atoms with Crippen LogP contribution < -0.4 is 0 Å². The zero-order valence-corrected chi connectivity index (χ0v) is 20.6. The Morgan fingerprint density at radius 3 is 2.32 bits per heavy atom. The molecule has 2 aromatic carbocycles. The number of carbonyl (C=O) groups excluding carboxylic acids is 1. The quantitative estimate of drug-likeness (QED) is 0.402. The van der Waals surface area contributed by atoms with E-state index in [0.717, 1.165) is 66.6 Å². The van der Waals surface area contributed by atoms with Crippen molar-refractivity contribution >= 4 is 35.7 Å². The van der Waals surface area contributed by atoms with E-state index in [0.29, 0.717) is 12.2 Å². The highest BCUT2D eigenvalue weighted by atomic mass is 35.5. The fourth-order valence-electron chi connectivity index (χ4n) is 4.21. The highest BCUT2D eigenvalue weighted by Crippen LogP contribution is 2.47. The number of fused-ring (bicyclic) bond motifs is 2. The molecule has 184 valence electrons. The second-order valence-electron chi connectivity index (χ2n) is 8.24. The SMILES string of the molecule is CC(=O)OCCN1CCN(CC/C=C2\c3ccccc3Sc3ccc(C(F)(F)F)cc32)CC1.Cl. The van der Waals surface area contributed by atoms with Crippen molar-refractivity contribution in [2.24, 2.45) is 0 Å². The lowest BCUT2D eigenvalue weighted by atomic mass is 9.94.